The van der Waals surface area contributed by atoms with Crippen LogP contribution in [0.25, 0.3) is 11.0 Å². The van der Waals surface area contributed by atoms with Crippen LogP contribution in [0.3, 0.4) is 0 Å². The van der Waals surface area contributed by atoms with E-state index in [-0.39, 0.29) is 30.2 Å². The van der Waals surface area contributed by atoms with Gasteiger partial charge in [-0.2, -0.15) is 0 Å². The molecule has 0 fully saturated rings. The molecule has 0 aliphatic carbocycles. The lowest BCUT2D eigenvalue weighted by Gasteiger charge is -2.08. The summed E-state index contributed by atoms with van der Waals surface area (Å²) in [5.74, 6) is 1.65. The number of carbonyl (C=O) groups is 1. The molecule has 0 bridgehead atoms. The maximum Gasteiger partial charge on any atom is 0.264 e. The lowest BCUT2D eigenvalue weighted by atomic mass is 10.3. The molecule has 0 atom stereocenters. The predicted molar refractivity (Wildman–Crippen MR) is 99.2 cm³/mol. The quantitative estimate of drug-likeness (QED) is 0.522. The molecule has 1 aliphatic heterocycles. The van der Waals surface area contributed by atoms with E-state index in [9.17, 15) is 9.59 Å². The molecule has 3 aromatic rings. The Kier molecular flexibility index (Phi) is 4.63. The van der Waals surface area contributed by atoms with Crippen LogP contribution in [0, 0.1) is 0 Å². The van der Waals surface area contributed by atoms with Gasteiger partial charge in [-0.15, -0.1) is 0 Å². The lowest BCUT2D eigenvalue weighted by Crippen LogP contribution is -2.28. The van der Waals surface area contributed by atoms with Crippen LogP contribution in [0.1, 0.15) is 6.92 Å². The van der Waals surface area contributed by atoms with E-state index in [4.69, 9.17) is 9.47 Å². The average molecular weight is 385 g/mol. The number of nitrogens with zero attached hydrogens (tertiary/aromatic N) is 4. The van der Waals surface area contributed by atoms with E-state index >= 15 is 0 Å². The summed E-state index contributed by atoms with van der Waals surface area (Å²) in [6.45, 7) is 1.97. The molecule has 2 aromatic heterocycles. The van der Waals surface area contributed by atoms with Gasteiger partial charge < -0.3 is 14.8 Å². The highest BCUT2D eigenvalue weighted by Gasteiger charge is 2.15. The highest BCUT2D eigenvalue weighted by Crippen LogP contribution is 2.34. The first kappa shape index (κ1) is 17.3. The van der Waals surface area contributed by atoms with Crippen molar-refractivity contribution in [1.29, 1.82) is 0 Å². The summed E-state index contributed by atoms with van der Waals surface area (Å²) >= 11 is 1.47. The first-order chi connectivity index (χ1) is 13.1. The Morgan fingerprint density at radius 1 is 1.30 bits per heavy atom. The summed E-state index contributed by atoms with van der Waals surface area (Å²) in [6.07, 6.45) is 2.76. The summed E-state index contributed by atoms with van der Waals surface area (Å²) in [5.41, 5.74) is 0.503. The average Bonchev–Trinajstić information content (AvgIpc) is 3.12. The fourth-order valence-electron chi connectivity index (χ4n) is 2.58. The van der Waals surface area contributed by atoms with E-state index in [0.717, 1.165) is 5.75 Å². The van der Waals surface area contributed by atoms with Crippen LogP contribution in [0.2, 0.25) is 0 Å². The zero-order valence-electron chi connectivity index (χ0n) is 14.3. The van der Waals surface area contributed by atoms with E-state index in [1.807, 2.05) is 6.92 Å². The van der Waals surface area contributed by atoms with Crippen LogP contribution in [0.4, 0.5) is 5.69 Å². The van der Waals surface area contributed by atoms with Crippen molar-refractivity contribution < 1.29 is 14.3 Å². The Balaban J connectivity index is 1.52. The third kappa shape index (κ3) is 3.56. The molecule has 4 rings (SSSR count). The van der Waals surface area contributed by atoms with Crippen molar-refractivity contribution in [2.75, 3.05) is 17.9 Å². The predicted octanol–water partition coefficient (Wildman–Crippen LogP) is 1.67. The largest absolute Gasteiger partial charge is 0.454 e. The fraction of sp³-hybridized carbons (Fsp3) is 0.235. The number of hydrogen-bond acceptors (Lipinski definition) is 8. The first-order valence-corrected chi connectivity index (χ1v) is 9.17. The van der Waals surface area contributed by atoms with Crippen LogP contribution in [0.15, 0.2) is 40.7 Å². The van der Waals surface area contributed by atoms with Crippen molar-refractivity contribution in [3.05, 3.63) is 41.1 Å². The van der Waals surface area contributed by atoms with Crippen LogP contribution >= 0.6 is 11.8 Å². The fourth-order valence-corrected chi connectivity index (χ4v) is 3.12. The van der Waals surface area contributed by atoms with Gasteiger partial charge in [0, 0.05) is 18.0 Å². The number of nitrogens with one attached hydrogen (secondary N) is 1. The summed E-state index contributed by atoms with van der Waals surface area (Å²) < 4.78 is 11.7. The minimum atomic E-state index is -0.367. The van der Waals surface area contributed by atoms with E-state index in [1.165, 1.54) is 28.9 Å². The SMILES string of the molecule is CCSc1ncc2c(=O)n(CC(=O)Nc3ccc4c(c3)OCO4)cnc2n1. The minimum absolute atomic E-state index is 0.158. The van der Waals surface area contributed by atoms with Gasteiger partial charge in [-0.1, -0.05) is 18.7 Å². The highest BCUT2D eigenvalue weighted by molar-refractivity contribution is 7.99. The second kappa shape index (κ2) is 7.23. The molecule has 1 N–H and O–H groups in total. The van der Waals surface area contributed by atoms with Gasteiger partial charge >= 0.3 is 0 Å². The van der Waals surface area contributed by atoms with Crippen molar-refractivity contribution in [1.82, 2.24) is 19.5 Å². The van der Waals surface area contributed by atoms with E-state index in [0.29, 0.717) is 28.0 Å². The minimum Gasteiger partial charge on any atom is -0.454 e. The molecule has 0 saturated carbocycles. The maximum atomic E-state index is 12.6. The van der Waals surface area contributed by atoms with Crippen LogP contribution in [0.5, 0.6) is 11.5 Å². The molecule has 0 saturated heterocycles. The molecule has 0 radical (unpaired) electrons. The molecule has 0 unspecified atom stereocenters. The zero-order chi connectivity index (χ0) is 18.8. The molecule has 27 heavy (non-hydrogen) atoms. The molecule has 1 aliphatic rings. The summed E-state index contributed by atoms with van der Waals surface area (Å²) in [6, 6.07) is 5.08. The number of amides is 1. The maximum absolute atomic E-state index is 12.6. The van der Waals surface area contributed by atoms with Gasteiger partial charge in [0.25, 0.3) is 5.56 Å². The van der Waals surface area contributed by atoms with Crippen LogP contribution < -0.4 is 20.3 Å². The molecule has 10 heteroatoms. The molecule has 1 aromatic carbocycles. The number of anilines is 1. The number of aromatic nitrogens is 4. The first-order valence-electron chi connectivity index (χ1n) is 8.18. The molecular weight excluding hydrogens is 370 g/mol. The monoisotopic (exact) mass is 385 g/mol. The highest BCUT2D eigenvalue weighted by atomic mass is 32.2. The van der Waals surface area contributed by atoms with Crippen molar-refractivity contribution in [3.8, 4) is 11.5 Å². The Bertz CT molecular complexity index is 1080. The summed E-state index contributed by atoms with van der Waals surface area (Å²) in [7, 11) is 0. The van der Waals surface area contributed by atoms with E-state index in [2.05, 4.69) is 20.3 Å². The van der Waals surface area contributed by atoms with Crippen molar-refractivity contribution in [2.45, 2.75) is 18.6 Å². The molecule has 138 valence electrons. The Morgan fingerprint density at radius 2 is 2.15 bits per heavy atom. The number of fused-ring (bicyclic) bond motifs is 2. The van der Waals surface area contributed by atoms with Gasteiger partial charge in [0.2, 0.25) is 12.7 Å². The third-order valence-corrected chi connectivity index (χ3v) is 4.54. The van der Waals surface area contributed by atoms with Gasteiger partial charge in [-0.3, -0.25) is 14.2 Å². The topological polar surface area (TPSA) is 108 Å². The van der Waals surface area contributed by atoms with E-state index in [1.54, 1.807) is 18.2 Å². The van der Waals surface area contributed by atoms with Crippen LogP contribution in [-0.2, 0) is 11.3 Å². The number of benzene rings is 1. The van der Waals surface area contributed by atoms with E-state index < -0.39 is 0 Å². The number of hydrogen-bond donors (Lipinski definition) is 1. The van der Waals surface area contributed by atoms with Crippen molar-refractivity contribution in [2.24, 2.45) is 0 Å². The Morgan fingerprint density at radius 3 is 3.00 bits per heavy atom. The second-order valence-corrected chi connectivity index (χ2v) is 6.85. The number of carbonyl (C=O) groups excluding carboxylic acids is 1. The van der Waals surface area contributed by atoms with Crippen molar-refractivity contribution >= 4 is 34.4 Å². The van der Waals surface area contributed by atoms with Gasteiger partial charge in [0.15, 0.2) is 22.3 Å². The molecule has 9 nitrogen and oxygen atoms in total. The lowest BCUT2D eigenvalue weighted by molar-refractivity contribution is -0.116. The van der Waals surface area contributed by atoms with Gasteiger partial charge in [0.05, 0.1) is 0 Å². The Hall–Kier alpha value is -3.14. The van der Waals surface area contributed by atoms with Gasteiger partial charge in [0.1, 0.15) is 18.3 Å². The number of thioether (sulfide) groups is 1. The second-order valence-electron chi connectivity index (χ2n) is 5.62. The standard InChI is InChI=1S/C17H15N5O4S/c1-2-27-17-18-6-11-15(21-17)19-8-22(16(11)24)7-14(23)20-10-3-4-12-13(5-10)26-9-25-12/h3-6,8H,2,7,9H2,1H3,(H,20,23). The molecule has 3 heterocycles. The normalized spacial score (nSPS) is 12.3. The van der Waals surface area contributed by atoms with Gasteiger partial charge in [-0.05, 0) is 17.9 Å². The van der Waals surface area contributed by atoms with Gasteiger partial charge in [-0.25, -0.2) is 15.0 Å². The summed E-state index contributed by atoms with van der Waals surface area (Å²) in [4.78, 5) is 37.4. The van der Waals surface area contributed by atoms with Crippen molar-refractivity contribution in [3.63, 3.8) is 0 Å². The molecule has 1 amide bonds. The van der Waals surface area contributed by atoms with Crippen LogP contribution in [-0.4, -0.2) is 38.0 Å². The smallest absolute Gasteiger partial charge is 0.264 e. The number of rotatable bonds is 5. The molecule has 0 spiro atoms. The number of ether oxygens (including phenoxy) is 2. The zero-order valence-corrected chi connectivity index (χ0v) is 15.2. The Labute approximate surface area is 157 Å². The third-order valence-electron chi connectivity index (χ3n) is 3.80. The molecular formula is C17H15N5O4S. The summed E-state index contributed by atoms with van der Waals surface area (Å²) in [5, 5.41) is 3.56.